The first-order valence-corrected chi connectivity index (χ1v) is 13.3. The van der Waals surface area contributed by atoms with E-state index in [9.17, 15) is 13.2 Å². The summed E-state index contributed by atoms with van der Waals surface area (Å²) in [5.41, 5.74) is 7.61. The van der Waals surface area contributed by atoms with Crippen LogP contribution in [0.1, 0.15) is 47.7 Å². The van der Waals surface area contributed by atoms with Crippen molar-refractivity contribution in [1.82, 2.24) is 24.1 Å². The summed E-state index contributed by atoms with van der Waals surface area (Å²) in [5, 5.41) is 11.3. The fourth-order valence-electron chi connectivity index (χ4n) is 5.00. The molecule has 1 aromatic carbocycles. The standard InChI is InChI=1S/C25H26N6O3S/c1-15-12-17-4-3-5-21(17)24(23(15)18-8-10-31-20(14-18)13-16(2)27-31)26-25(32)29-35(33,34)22-9-11-30(28-22)19-6-7-19/h8-14,19H,3-7H2,1-2H3,(H2,26,29,32). The molecule has 4 aromatic rings. The van der Waals surface area contributed by atoms with E-state index in [1.54, 1.807) is 10.9 Å². The lowest BCUT2D eigenvalue weighted by molar-refractivity contribution is 0.256. The van der Waals surface area contributed by atoms with Crippen LogP contribution in [-0.2, 0) is 22.9 Å². The van der Waals surface area contributed by atoms with Crippen molar-refractivity contribution in [3.05, 3.63) is 65.1 Å². The molecule has 2 amide bonds. The minimum absolute atomic E-state index is 0.157. The van der Waals surface area contributed by atoms with Gasteiger partial charge in [0, 0.05) is 18.0 Å². The molecule has 0 atom stereocenters. The zero-order chi connectivity index (χ0) is 24.3. The Morgan fingerprint density at radius 1 is 1.06 bits per heavy atom. The Bertz CT molecular complexity index is 1600. The number of carbonyl (C=O) groups excluding carboxylic acids is 1. The summed E-state index contributed by atoms with van der Waals surface area (Å²) in [4.78, 5) is 13.0. The molecular weight excluding hydrogens is 464 g/mol. The average Bonchev–Trinajstić information content (AvgIpc) is 3.19. The minimum Gasteiger partial charge on any atom is -0.306 e. The fraction of sp³-hybridized carbons (Fsp3) is 0.320. The van der Waals surface area contributed by atoms with Crippen molar-refractivity contribution >= 4 is 27.3 Å². The Morgan fingerprint density at radius 3 is 2.69 bits per heavy atom. The summed E-state index contributed by atoms with van der Waals surface area (Å²) in [6.45, 7) is 3.96. The molecule has 10 heteroatoms. The lowest BCUT2D eigenvalue weighted by Crippen LogP contribution is -2.35. The highest BCUT2D eigenvalue weighted by molar-refractivity contribution is 7.90. The molecule has 0 bridgehead atoms. The quantitative estimate of drug-likeness (QED) is 0.437. The molecule has 2 N–H and O–H groups in total. The maximum absolute atomic E-state index is 13.0. The van der Waals surface area contributed by atoms with Crippen LogP contribution in [0.25, 0.3) is 16.6 Å². The SMILES string of the molecule is Cc1cc2cc(-c3c(C)cc4c(c3NC(=O)NS(=O)(=O)c3ccn(C5CC5)n3)CCC4)ccn2n1. The van der Waals surface area contributed by atoms with Gasteiger partial charge in [-0.1, -0.05) is 6.07 Å². The summed E-state index contributed by atoms with van der Waals surface area (Å²) in [6, 6.07) is 9.05. The van der Waals surface area contributed by atoms with Gasteiger partial charge in [-0.2, -0.15) is 18.6 Å². The molecule has 3 aromatic heterocycles. The molecule has 3 heterocycles. The molecule has 0 saturated heterocycles. The van der Waals surface area contributed by atoms with Gasteiger partial charge in [-0.3, -0.25) is 4.68 Å². The van der Waals surface area contributed by atoms with E-state index in [4.69, 9.17) is 0 Å². The molecular formula is C25H26N6O3S. The largest absolute Gasteiger partial charge is 0.333 e. The van der Waals surface area contributed by atoms with Crippen molar-refractivity contribution in [1.29, 1.82) is 0 Å². The second-order valence-electron chi connectivity index (χ2n) is 9.43. The number of aryl methyl sites for hydroxylation is 3. The van der Waals surface area contributed by atoms with Gasteiger partial charge in [0.25, 0.3) is 10.0 Å². The number of hydrogen-bond donors (Lipinski definition) is 2. The molecule has 6 rings (SSSR count). The molecule has 0 radical (unpaired) electrons. The second-order valence-corrected chi connectivity index (χ2v) is 11.1. The van der Waals surface area contributed by atoms with E-state index >= 15 is 0 Å². The molecule has 2 aliphatic rings. The third-order valence-electron chi connectivity index (χ3n) is 6.72. The number of hydrogen-bond acceptors (Lipinski definition) is 5. The summed E-state index contributed by atoms with van der Waals surface area (Å²) in [7, 11) is -4.10. The van der Waals surface area contributed by atoms with E-state index in [2.05, 4.69) is 26.3 Å². The average molecular weight is 491 g/mol. The monoisotopic (exact) mass is 490 g/mol. The highest BCUT2D eigenvalue weighted by Gasteiger charge is 2.28. The molecule has 1 fully saturated rings. The number of nitrogens with zero attached hydrogens (tertiary/aromatic N) is 4. The van der Waals surface area contributed by atoms with Crippen molar-refractivity contribution in [2.75, 3.05) is 5.32 Å². The van der Waals surface area contributed by atoms with Gasteiger partial charge >= 0.3 is 6.03 Å². The highest BCUT2D eigenvalue weighted by Crippen LogP contribution is 2.40. The number of anilines is 1. The number of urea groups is 1. The first-order valence-electron chi connectivity index (χ1n) is 11.8. The van der Waals surface area contributed by atoms with Gasteiger partial charge in [-0.05, 0) is 92.5 Å². The summed E-state index contributed by atoms with van der Waals surface area (Å²) >= 11 is 0. The van der Waals surface area contributed by atoms with Gasteiger partial charge in [0.1, 0.15) is 0 Å². The molecule has 35 heavy (non-hydrogen) atoms. The first-order chi connectivity index (χ1) is 16.8. The first kappa shape index (κ1) is 21.8. The maximum Gasteiger partial charge on any atom is 0.333 e. The zero-order valence-corrected chi connectivity index (χ0v) is 20.4. The smallest absolute Gasteiger partial charge is 0.306 e. The third-order valence-corrected chi connectivity index (χ3v) is 7.94. The molecule has 0 unspecified atom stereocenters. The van der Waals surface area contributed by atoms with E-state index in [1.165, 1.54) is 11.6 Å². The zero-order valence-electron chi connectivity index (χ0n) is 19.6. The van der Waals surface area contributed by atoms with Crippen molar-refractivity contribution < 1.29 is 13.2 Å². The molecule has 9 nitrogen and oxygen atoms in total. The highest BCUT2D eigenvalue weighted by atomic mass is 32.2. The number of carbonyl (C=O) groups is 1. The van der Waals surface area contributed by atoms with Crippen molar-refractivity contribution in [2.24, 2.45) is 0 Å². The minimum atomic E-state index is -4.10. The number of aromatic nitrogens is 4. The van der Waals surface area contributed by atoms with E-state index < -0.39 is 16.1 Å². The van der Waals surface area contributed by atoms with Gasteiger partial charge in [0.05, 0.1) is 22.9 Å². The Hall–Kier alpha value is -3.66. The van der Waals surface area contributed by atoms with Crippen molar-refractivity contribution in [3.8, 4) is 11.1 Å². The van der Waals surface area contributed by atoms with Crippen LogP contribution in [0.4, 0.5) is 10.5 Å². The molecule has 1 saturated carbocycles. The van der Waals surface area contributed by atoms with Crippen LogP contribution in [0, 0.1) is 13.8 Å². The normalized spacial score (nSPS) is 15.4. The Balaban J connectivity index is 1.35. The number of sulfonamides is 1. The Morgan fingerprint density at radius 2 is 1.89 bits per heavy atom. The summed E-state index contributed by atoms with van der Waals surface area (Å²) < 4.78 is 31.3. The van der Waals surface area contributed by atoms with Crippen LogP contribution < -0.4 is 10.0 Å². The number of nitrogens with one attached hydrogen (secondary N) is 2. The number of rotatable bonds is 5. The number of pyridine rings is 1. The number of fused-ring (bicyclic) bond motifs is 2. The van der Waals surface area contributed by atoms with E-state index in [0.717, 1.165) is 65.6 Å². The van der Waals surface area contributed by atoms with E-state index in [1.807, 2.05) is 42.8 Å². The molecule has 2 aliphatic carbocycles. The van der Waals surface area contributed by atoms with Crippen LogP contribution in [-0.4, -0.2) is 33.8 Å². The van der Waals surface area contributed by atoms with Crippen LogP contribution in [0.5, 0.6) is 0 Å². The molecule has 180 valence electrons. The van der Waals surface area contributed by atoms with Gasteiger partial charge in [-0.15, -0.1) is 0 Å². The van der Waals surface area contributed by atoms with Gasteiger partial charge in [-0.25, -0.2) is 14.0 Å². The third kappa shape index (κ3) is 3.97. The summed E-state index contributed by atoms with van der Waals surface area (Å²) in [5.74, 6) is 0. The lowest BCUT2D eigenvalue weighted by atomic mass is 9.93. The predicted molar refractivity (Wildman–Crippen MR) is 132 cm³/mol. The van der Waals surface area contributed by atoms with Crippen molar-refractivity contribution in [3.63, 3.8) is 0 Å². The molecule has 0 aliphatic heterocycles. The fourth-order valence-corrected chi connectivity index (χ4v) is 5.84. The van der Waals surface area contributed by atoms with Crippen LogP contribution in [0.15, 0.2) is 47.8 Å². The van der Waals surface area contributed by atoms with E-state index in [-0.39, 0.29) is 11.1 Å². The van der Waals surface area contributed by atoms with Crippen LogP contribution in [0.2, 0.25) is 0 Å². The Kier molecular flexibility index (Phi) is 4.96. The summed E-state index contributed by atoms with van der Waals surface area (Å²) in [6.07, 6.45) is 8.27. The maximum atomic E-state index is 13.0. The van der Waals surface area contributed by atoms with Gasteiger partial charge in [0.2, 0.25) is 0 Å². The van der Waals surface area contributed by atoms with Crippen LogP contribution >= 0.6 is 0 Å². The van der Waals surface area contributed by atoms with Gasteiger partial charge < -0.3 is 5.32 Å². The predicted octanol–water partition coefficient (Wildman–Crippen LogP) is 4.15. The topological polar surface area (TPSA) is 110 Å². The van der Waals surface area contributed by atoms with Crippen molar-refractivity contribution in [2.45, 2.75) is 57.0 Å². The second kappa shape index (κ2) is 7.94. The Labute approximate surface area is 203 Å². The van der Waals surface area contributed by atoms with Crippen LogP contribution in [0.3, 0.4) is 0 Å². The molecule has 0 spiro atoms. The number of amides is 2. The van der Waals surface area contributed by atoms with Gasteiger partial charge in [0.15, 0.2) is 5.03 Å². The number of benzene rings is 1. The lowest BCUT2D eigenvalue weighted by Gasteiger charge is -2.19. The van der Waals surface area contributed by atoms with E-state index in [0.29, 0.717) is 5.69 Å².